The molecule has 0 aliphatic carbocycles. The first-order valence-corrected chi connectivity index (χ1v) is 10.3. The molecule has 0 saturated carbocycles. The summed E-state index contributed by atoms with van der Waals surface area (Å²) in [5.41, 5.74) is 10.1. The molecule has 7 heteroatoms. The lowest BCUT2D eigenvalue weighted by Crippen LogP contribution is -2.44. The van der Waals surface area contributed by atoms with Crippen LogP contribution < -0.4 is 11.1 Å². The maximum absolute atomic E-state index is 12.3. The number of carbonyl (C=O) groups excluding carboxylic acids is 2. The molecule has 29 heavy (non-hydrogen) atoms. The number of nitrogens with zero attached hydrogens (tertiary/aromatic N) is 1. The van der Waals surface area contributed by atoms with Crippen LogP contribution in [0.15, 0.2) is 48.7 Å². The second kappa shape index (κ2) is 8.14. The van der Waals surface area contributed by atoms with Crippen molar-refractivity contribution >= 4 is 44.1 Å². The van der Waals surface area contributed by atoms with Crippen molar-refractivity contribution in [1.82, 2.24) is 15.3 Å². The van der Waals surface area contributed by atoms with Crippen molar-refractivity contribution < 1.29 is 9.59 Å². The molecular weight excluding hydrogens is 384 g/mol. The molecule has 148 valence electrons. The highest BCUT2D eigenvalue weighted by Gasteiger charge is 2.17. The fourth-order valence-corrected chi connectivity index (χ4v) is 4.43. The van der Waals surface area contributed by atoms with Gasteiger partial charge in [-0.2, -0.15) is 0 Å². The smallest absolute Gasteiger partial charge is 0.237 e. The molecule has 4 aromatic rings. The van der Waals surface area contributed by atoms with Crippen molar-refractivity contribution in [1.29, 1.82) is 0 Å². The Kier molecular flexibility index (Phi) is 5.42. The Labute approximate surface area is 172 Å². The summed E-state index contributed by atoms with van der Waals surface area (Å²) in [6.45, 7) is 1.98. The van der Waals surface area contributed by atoms with E-state index in [1.807, 2.05) is 49.5 Å². The summed E-state index contributed by atoms with van der Waals surface area (Å²) in [5.74, 6) is -0.419. The molecule has 4 rings (SSSR count). The summed E-state index contributed by atoms with van der Waals surface area (Å²) in [6.07, 6.45) is 2.48. The number of benzene rings is 2. The highest BCUT2D eigenvalue weighted by atomic mass is 32.1. The fraction of sp³-hybridized carbons (Fsp3) is 0.227. The molecular formula is C22H22N4O2S. The van der Waals surface area contributed by atoms with Crippen LogP contribution in [0, 0.1) is 6.92 Å². The Morgan fingerprint density at radius 3 is 2.93 bits per heavy atom. The molecule has 0 saturated heterocycles. The molecule has 4 N–H and O–H groups in total. The van der Waals surface area contributed by atoms with Crippen molar-refractivity contribution in [3.05, 3.63) is 64.8 Å². The van der Waals surface area contributed by atoms with Gasteiger partial charge in [0.15, 0.2) is 5.78 Å². The number of ketones is 1. The van der Waals surface area contributed by atoms with Crippen LogP contribution >= 0.6 is 11.3 Å². The lowest BCUT2D eigenvalue weighted by molar-refractivity contribution is -0.125. The summed E-state index contributed by atoms with van der Waals surface area (Å²) in [7, 11) is 0. The van der Waals surface area contributed by atoms with Crippen LogP contribution in [-0.2, 0) is 22.4 Å². The minimum Gasteiger partial charge on any atom is -0.361 e. The summed E-state index contributed by atoms with van der Waals surface area (Å²) in [4.78, 5) is 32.3. The number of hydrogen-bond donors (Lipinski definition) is 3. The number of para-hydroxylation sites is 1. The van der Waals surface area contributed by atoms with Gasteiger partial charge >= 0.3 is 0 Å². The Bertz CT molecular complexity index is 1190. The first kappa shape index (κ1) is 19.3. The molecule has 2 heterocycles. The molecule has 0 aliphatic heterocycles. The van der Waals surface area contributed by atoms with E-state index in [9.17, 15) is 9.59 Å². The van der Waals surface area contributed by atoms with E-state index >= 15 is 0 Å². The third-order valence-corrected chi connectivity index (χ3v) is 5.87. The van der Waals surface area contributed by atoms with Gasteiger partial charge in [-0.25, -0.2) is 4.98 Å². The van der Waals surface area contributed by atoms with E-state index in [4.69, 9.17) is 5.73 Å². The van der Waals surface area contributed by atoms with Crippen molar-refractivity contribution in [2.45, 2.75) is 25.8 Å². The third kappa shape index (κ3) is 4.36. The molecule has 0 spiro atoms. The van der Waals surface area contributed by atoms with Crippen LogP contribution in [0.2, 0.25) is 0 Å². The van der Waals surface area contributed by atoms with Crippen molar-refractivity contribution in [3.63, 3.8) is 0 Å². The SMILES string of the molecule is Cc1ccc2nc(CC(=O)CNC(=O)[C@H](N)Cc3c[nH]c4ccccc34)sc2c1. The number of rotatable bonds is 7. The second-order valence-electron chi connectivity index (χ2n) is 7.18. The number of aromatic amines is 1. The van der Waals surface area contributed by atoms with Crippen LogP contribution in [0.5, 0.6) is 0 Å². The van der Waals surface area contributed by atoms with Gasteiger partial charge in [0.2, 0.25) is 5.91 Å². The predicted molar refractivity (Wildman–Crippen MR) is 116 cm³/mol. The standard InChI is InChI=1S/C22H22N4O2S/c1-13-6-7-19-20(8-13)29-21(26-19)10-15(27)12-25-22(28)17(23)9-14-11-24-18-5-3-2-4-16(14)18/h2-8,11,17,24H,9-10,12,23H2,1H3,(H,25,28)/t17-/m1/s1. The van der Waals surface area contributed by atoms with Gasteiger partial charge in [0, 0.05) is 17.1 Å². The highest BCUT2D eigenvalue weighted by Crippen LogP contribution is 2.23. The molecule has 2 aromatic carbocycles. The first-order valence-electron chi connectivity index (χ1n) is 9.45. The number of H-pyrrole nitrogens is 1. The third-order valence-electron chi connectivity index (χ3n) is 4.85. The van der Waals surface area contributed by atoms with Crippen molar-refractivity contribution in [2.24, 2.45) is 5.73 Å². The number of amides is 1. The van der Waals surface area contributed by atoms with Gasteiger partial charge in [-0.3, -0.25) is 9.59 Å². The van der Waals surface area contributed by atoms with E-state index in [-0.39, 0.29) is 24.7 Å². The summed E-state index contributed by atoms with van der Waals surface area (Å²) >= 11 is 1.51. The number of Topliss-reactive ketones (excluding diaryl/α,β-unsaturated/α-hetero) is 1. The van der Waals surface area contributed by atoms with Crippen molar-refractivity contribution in [2.75, 3.05) is 6.54 Å². The van der Waals surface area contributed by atoms with E-state index in [1.54, 1.807) is 0 Å². The second-order valence-corrected chi connectivity index (χ2v) is 8.30. The van der Waals surface area contributed by atoms with Crippen LogP contribution in [-0.4, -0.2) is 34.2 Å². The normalized spacial score (nSPS) is 12.3. The number of nitrogens with one attached hydrogen (secondary N) is 2. The average Bonchev–Trinajstić information content (AvgIpc) is 3.29. The monoisotopic (exact) mass is 406 g/mol. The maximum Gasteiger partial charge on any atom is 0.237 e. The summed E-state index contributed by atoms with van der Waals surface area (Å²) < 4.78 is 1.07. The van der Waals surface area contributed by atoms with Crippen LogP contribution in [0.1, 0.15) is 16.1 Å². The quantitative estimate of drug-likeness (QED) is 0.439. The van der Waals surface area contributed by atoms with Crippen molar-refractivity contribution in [3.8, 4) is 0 Å². The number of fused-ring (bicyclic) bond motifs is 2. The Morgan fingerprint density at radius 2 is 2.07 bits per heavy atom. The summed E-state index contributed by atoms with van der Waals surface area (Å²) in [6, 6.07) is 13.2. The van der Waals surface area contributed by atoms with Gasteiger partial charge in [-0.1, -0.05) is 24.3 Å². The predicted octanol–water partition coefficient (Wildman–Crippen LogP) is 2.88. The highest BCUT2D eigenvalue weighted by molar-refractivity contribution is 7.18. The van der Waals surface area contributed by atoms with E-state index in [0.29, 0.717) is 6.42 Å². The zero-order valence-electron chi connectivity index (χ0n) is 16.1. The minimum atomic E-state index is -0.715. The number of nitrogens with two attached hydrogens (primary N) is 1. The number of hydrogen-bond acceptors (Lipinski definition) is 5. The van der Waals surface area contributed by atoms with E-state index in [2.05, 4.69) is 21.4 Å². The average molecular weight is 407 g/mol. The topological polar surface area (TPSA) is 101 Å². The molecule has 0 aliphatic rings. The van der Waals surface area contributed by atoms with Gasteiger partial charge in [-0.15, -0.1) is 11.3 Å². The minimum absolute atomic E-state index is 0.0463. The molecule has 1 amide bonds. The van der Waals surface area contributed by atoms with E-state index in [0.717, 1.165) is 37.3 Å². The number of carbonyl (C=O) groups is 2. The van der Waals surface area contributed by atoms with Crippen LogP contribution in [0.25, 0.3) is 21.1 Å². The Hall–Kier alpha value is -3.03. The number of thiazole rings is 1. The number of aryl methyl sites for hydroxylation is 1. The zero-order valence-corrected chi connectivity index (χ0v) is 16.9. The van der Waals surface area contributed by atoms with Gasteiger partial charge in [-0.05, 0) is 42.7 Å². The fourth-order valence-electron chi connectivity index (χ4n) is 3.33. The van der Waals surface area contributed by atoms with E-state index in [1.165, 1.54) is 11.3 Å². The maximum atomic E-state index is 12.3. The zero-order chi connectivity index (χ0) is 20.4. The molecule has 0 radical (unpaired) electrons. The van der Waals surface area contributed by atoms with Gasteiger partial charge in [0.05, 0.1) is 29.2 Å². The lowest BCUT2D eigenvalue weighted by Gasteiger charge is -2.11. The van der Waals surface area contributed by atoms with E-state index < -0.39 is 6.04 Å². The molecule has 0 unspecified atom stereocenters. The number of aromatic nitrogens is 2. The first-order chi connectivity index (χ1) is 14.0. The largest absolute Gasteiger partial charge is 0.361 e. The molecule has 6 nitrogen and oxygen atoms in total. The van der Waals surface area contributed by atoms with Gasteiger partial charge in [0.1, 0.15) is 5.01 Å². The van der Waals surface area contributed by atoms with Crippen LogP contribution in [0.3, 0.4) is 0 Å². The van der Waals surface area contributed by atoms with Gasteiger partial charge in [0.25, 0.3) is 0 Å². The lowest BCUT2D eigenvalue weighted by atomic mass is 10.1. The molecule has 0 fully saturated rings. The molecule has 2 aromatic heterocycles. The Morgan fingerprint density at radius 1 is 1.24 bits per heavy atom. The van der Waals surface area contributed by atoms with Crippen LogP contribution in [0.4, 0.5) is 0 Å². The molecule has 1 atom stereocenters. The molecule has 0 bridgehead atoms. The Balaban J connectivity index is 1.31. The summed E-state index contributed by atoms with van der Waals surface area (Å²) in [5, 5.41) is 4.47. The van der Waals surface area contributed by atoms with Gasteiger partial charge < -0.3 is 16.0 Å².